The molecule has 184 valence electrons. The summed E-state index contributed by atoms with van der Waals surface area (Å²) in [6.07, 6.45) is 11.2. The molecular formula is C27H30N2O6. The largest absolute Gasteiger partial charge is 0.507 e. The van der Waals surface area contributed by atoms with Crippen molar-refractivity contribution in [3.05, 3.63) is 71.1 Å². The molecule has 0 fully saturated rings. The molecule has 2 N–H and O–H groups in total. The molecule has 8 heteroatoms. The van der Waals surface area contributed by atoms with E-state index in [0.29, 0.717) is 62.1 Å². The quantitative estimate of drug-likeness (QED) is 0.362. The molecule has 2 heterocycles. The number of nitrogens with zero attached hydrogens (tertiary/aromatic N) is 1. The van der Waals surface area contributed by atoms with Crippen molar-refractivity contribution in [2.75, 3.05) is 19.8 Å². The second-order valence-corrected chi connectivity index (χ2v) is 8.27. The van der Waals surface area contributed by atoms with Crippen molar-refractivity contribution in [3.8, 4) is 11.5 Å². The summed E-state index contributed by atoms with van der Waals surface area (Å²) in [6.45, 7) is 2.54. The van der Waals surface area contributed by atoms with Crippen LogP contribution in [0.15, 0.2) is 54.4 Å². The number of ketones is 1. The van der Waals surface area contributed by atoms with E-state index in [9.17, 15) is 19.5 Å². The number of esters is 1. The Morgan fingerprint density at radius 1 is 1.29 bits per heavy atom. The molecular weight excluding hydrogens is 448 g/mol. The highest BCUT2D eigenvalue weighted by Crippen LogP contribution is 2.30. The zero-order valence-corrected chi connectivity index (χ0v) is 19.8. The monoisotopic (exact) mass is 478 g/mol. The summed E-state index contributed by atoms with van der Waals surface area (Å²) in [6, 6.07) is 6.43. The van der Waals surface area contributed by atoms with Crippen molar-refractivity contribution in [3.63, 3.8) is 0 Å². The van der Waals surface area contributed by atoms with E-state index in [2.05, 4.69) is 10.3 Å². The van der Waals surface area contributed by atoms with E-state index in [-0.39, 0.29) is 29.6 Å². The summed E-state index contributed by atoms with van der Waals surface area (Å²) in [5.74, 6) is -0.558. The van der Waals surface area contributed by atoms with Crippen molar-refractivity contribution in [2.24, 2.45) is 0 Å². The number of amides is 1. The lowest BCUT2D eigenvalue weighted by molar-refractivity contribution is -0.118. The Balaban J connectivity index is 1.64. The van der Waals surface area contributed by atoms with Gasteiger partial charge in [-0.2, -0.15) is 0 Å². The van der Waals surface area contributed by atoms with Gasteiger partial charge in [0.05, 0.1) is 12.2 Å². The van der Waals surface area contributed by atoms with Gasteiger partial charge in [0.15, 0.2) is 0 Å². The van der Waals surface area contributed by atoms with Crippen molar-refractivity contribution in [2.45, 2.75) is 39.0 Å². The summed E-state index contributed by atoms with van der Waals surface area (Å²) >= 11 is 0. The van der Waals surface area contributed by atoms with Gasteiger partial charge >= 0.3 is 5.97 Å². The second-order valence-electron chi connectivity index (χ2n) is 8.27. The molecule has 1 aromatic heterocycles. The van der Waals surface area contributed by atoms with E-state index < -0.39 is 5.97 Å². The number of phenols is 1. The molecule has 1 amide bonds. The van der Waals surface area contributed by atoms with Gasteiger partial charge in [0, 0.05) is 37.8 Å². The second kappa shape index (κ2) is 13.1. The first-order valence-corrected chi connectivity index (χ1v) is 11.6. The van der Waals surface area contributed by atoms with E-state index in [0.717, 1.165) is 5.57 Å². The fraction of sp³-hybridized carbons (Fsp3) is 0.333. The zero-order chi connectivity index (χ0) is 25.0. The number of aromatic nitrogens is 1. The highest BCUT2D eigenvalue weighted by atomic mass is 16.5. The van der Waals surface area contributed by atoms with Gasteiger partial charge in [0.1, 0.15) is 29.5 Å². The van der Waals surface area contributed by atoms with Crippen molar-refractivity contribution >= 4 is 23.7 Å². The SMILES string of the molecule is CC1=CCC(=O)CCCC=Cc2cc(OCCCNC(=O)c3cccnc3)cc(O)c2C(=O)OC1. The van der Waals surface area contributed by atoms with Crippen LogP contribution in [0.2, 0.25) is 0 Å². The predicted octanol–water partition coefficient (Wildman–Crippen LogP) is 4.25. The number of allylic oxidation sites excluding steroid dienone is 2. The van der Waals surface area contributed by atoms with Crippen LogP contribution < -0.4 is 10.1 Å². The molecule has 0 saturated heterocycles. The topological polar surface area (TPSA) is 115 Å². The fourth-order valence-corrected chi connectivity index (χ4v) is 3.45. The third-order valence-electron chi connectivity index (χ3n) is 5.36. The molecule has 0 unspecified atom stereocenters. The Morgan fingerprint density at radius 2 is 2.14 bits per heavy atom. The maximum atomic E-state index is 12.7. The van der Waals surface area contributed by atoms with Gasteiger partial charge in [-0.05, 0) is 55.5 Å². The molecule has 0 atom stereocenters. The molecule has 3 rings (SSSR count). The molecule has 0 spiro atoms. The van der Waals surface area contributed by atoms with Crippen LogP contribution in [0, 0.1) is 0 Å². The normalized spacial score (nSPS) is 14.8. The number of benzene rings is 1. The van der Waals surface area contributed by atoms with Crippen LogP contribution in [0.5, 0.6) is 11.5 Å². The summed E-state index contributed by atoms with van der Waals surface area (Å²) in [5, 5.41) is 13.4. The predicted molar refractivity (Wildman–Crippen MR) is 131 cm³/mol. The van der Waals surface area contributed by atoms with E-state index in [4.69, 9.17) is 9.47 Å². The van der Waals surface area contributed by atoms with Crippen LogP contribution in [0.4, 0.5) is 0 Å². The lowest BCUT2D eigenvalue weighted by atomic mass is 10.0. The minimum Gasteiger partial charge on any atom is -0.507 e. The van der Waals surface area contributed by atoms with E-state index in [1.54, 1.807) is 43.5 Å². The number of aromatic hydroxyl groups is 1. The van der Waals surface area contributed by atoms with E-state index in [1.807, 2.05) is 6.08 Å². The van der Waals surface area contributed by atoms with Crippen molar-refractivity contribution < 1.29 is 29.0 Å². The number of ether oxygens (including phenoxy) is 2. The van der Waals surface area contributed by atoms with Gasteiger partial charge in [0.2, 0.25) is 0 Å². The number of Topliss-reactive ketones (excluding diaryl/α,β-unsaturated/α-hetero) is 1. The number of pyridine rings is 1. The molecule has 1 aliphatic heterocycles. The number of phenolic OH excluding ortho intramolecular Hbond substituents is 1. The molecule has 2 aromatic rings. The van der Waals surface area contributed by atoms with Gasteiger partial charge in [-0.3, -0.25) is 14.6 Å². The maximum Gasteiger partial charge on any atom is 0.342 e. The Labute approximate surface area is 204 Å². The summed E-state index contributed by atoms with van der Waals surface area (Å²) in [7, 11) is 0. The third-order valence-corrected chi connectivity index (χ3v) is 5.36. The van der Waals surface area contributed by atoms with Gasteiger partial charge in [-0.25, -0.2) is 4.79 Å². The van der Waals surface area contributed by atoms with Crippen LogP contribution in [0.1, 0.15) is 65.3 Å². The first-order chi connectivity index (χ1) is 16.9. The molecule has 8 nitrogen and oxygen atoms in total. The maximum absolute atomic E-state index is 12.7. The number of hydrogen-bond acceptors (Lipinski definition) is 7. The molecule has 1 aliphatic rings. The zero-order valence-electron chi connectivity index (χ0n) is 19.8. The molecule has 35 heavy (non-hydrogen) atoms. The minimum atomic E-state index is -0.650. The highest BCUT2D eigenvalue weighted by molar-refractivity contribution is 5.97. The molecule has 0 bridgehead atoms. The molecule has 1 aromatic carbocycles. The first-order valence-electron chi connectivity index (χ1n) is 11.6. The standard InChI is InChI=1S/C27H30N2O6/c1-19-10-11-22(30)9-4-2-3-7-20-15-23(16-24(31)25(20)27(33)35-18-19)34-14-6-13-29-26(32)21-8-5-12-28-17-21/h3,5,7-8,10,12,15-17,31H,2,4,6,9,11,13-14,18H2,1H3,(H,29,32). The number of fused-ring (bicyclic) bond motifs is 1. The number of hydrogen-bond donors (Lipinski definition) is 2. The Kier molecular flexibility index (Phi) is 9.59. The summed E-state index contributed by atoms with van der Waals surface area (Å²) < 4.78 is 11.1. The third kappa shape index (κ3) is 8.10. The first kappa shape index (κ1) is 25.7. The van der Waals surface area contributed by atoms with Gasteiger partial charge in [0.25, 0.3) is 5.91 Å². The lowest BCUT2D eigenvalue weighted by Crippen LogP contribution is -2.25. The lowest BCUT2D eigenvalue weighted by Gasteiger charge is -2.13. The number of nitrogens with one attached hydrogen (secondary N) is 1. The number of cyclic esters (lactones) is 1. The smallest absolute Gasteiger partial charge is 0.342 e. The van der Waals surface area contributed by atoms with Gasteiger partial charge in [-0.15, -0.1) is 0 Å². The molecule has 0 aliphatic carbocycles. The Hall–Kier alpha value is -3.94. The Bertz CT molecular complexity index is 1110. The molecule has 0 radical (unpaired) electrons. The van der Waals surface area contributed by atoms with Crippen molar-refractivity contribution in [1.29, 1.82) is 0 Å². The molecule has 0 saturated carbocycles. The average Bonchev–Trinajstić information content (AvgIpc) is 2.85. The van der Waals surface area contributed by atoms with Gasteiger partial charge < -0.3 is 19.9 Å². The van der Waals surface area contributed by atoms with Crippen LogP contribution >= 0.6 is 0 Å². The minimum absolute atomic E-state index is 0.0394. The van der Waals surface area contributed by atoms with Crippen molar-refractivity contribution in [1.82, 2.24) is 10.3 Å². The summed E-state index contributed by atoms with van der Waals surface area (Å²) in [5.41, 5.74) is 1.80. The van der Waals surface area contributed by atoms with E-state index >= 15 is 0 Å². The number of carbonyl (C=O) groups excluding carboxylic acids is 3. The Morgan fingerprint density at radius 3 is 2.94 bits per heavy atom. The van der Waals surface area contributed by atoms with Gasteiger partial charge in [-0.1, -0.05) is 18.2 Å². The van der Waals surface area contributed by atoms with Crippen LogP contribution in [0.3, 0.4) is 0 Å². The fourth-order valence-electron chi connectivity index (χ4n) is 3.45. The number of rotatable bonds is 6. The highest BCUT2D eigenvalue weighted by Gasteiger charge is 2.19. The van der Waals surface area contributed by atoms with Crippen LogP contribution in [-0.4, -0.2) is 47.5 Å². The number of carbonyl (C=O) groups is 3. The van der Waals surface area contributed by atoms with Crippen LogP contribution in [0.25, 0.3) is 6.08 Å². The summed E-state index contributed by atoms with van der Waals surface area (Å²) in [4.78, 5) is 40.6. The van der Waals surface area contributed by atoms with Crippen LogP contribution in [-0.2, 0) is 9.53 Å². The van der Waals surface area contributed by atoms with E-state index in [1.165, 1.54) is 12.3 Å². The average molecular weight is 479 g/mol.